The number of hydrogen-bond acceptors (Lipinski definition) is 4. The Morgan fingerprint density at radius 1 is 1.09 bits per heavy atom. The Morgan fingerprint density at radius 3 is 2.65 bits per heavy atom. The number of nitrogen functional groups attached to an aromatic ring is 1. The van der Waals surface area contributed by atoms with Crippen LogP contribution >= 0.6 is 0 Å². The Kier molecular flexibility index (Phi) is 2.90. The standard InChI is InChI=1S/C17H15N5O/c1-11-6-5-9-13-14(11)15-20-21(10-12-7-3-2-4-8-12)17(23)22(15)16(18)19-13/h2-9H,10H2,1H3,(H2,18,19). The van der Waals surface area contributed by atoms with E-state index in [9.17, 15) is 4.79 Å². The third-order valence-electron chi connectivity index (χ3n) is 3.95. The molecule has 2 aromatic heterocycles. The van der Waals surface area contributed by atoms with Crippen molar-refractivity contribution in [3.05, 3.63) is 70.1 Å². The van der Waals surface area contributed by atoms with Crippen molar-refractivity contribution in [1.82, 2.24) is 19.2 Å². The van der Waals surface area contributed by atoms with E-state index >= 15 is 0 Å². The fourth-order valence-electron chi connectivity index (χ4n) is 2.85. The molecule has 114 valence electrons. The third-order valence-corrected chi connectivity index (χ3v) is 3.95. The van der Waals surface area contributed by atoms with Crippen molar-refractivity contribution in [3.63, 3.8) is 0 Å². The van der Waals surface area contributed by atoms with Crippen LogP contribution in [0.3, 0.4) is 0 Å². The molecule has 0 aliphatic rings. The van der Waals surface area contributed by atoms with Gasteiger partial charge in [0.05, 0.1) is 12.1 Å². The lowest BCUT2D eigenvalue weighted by molar-refractivity contribution is 0.659. The average Bonchev–Trinajstić information content (AvgIpc) is 2.86. The molecule has 2 aromatic carbocycles. The minimum Gasteiger partial charge on any atom is -0.369 e. The molecule has 0 saturated carbocycles. The summed E-state index contributed by atoms with van der Waals surface area (Å²) in [6, 6.07) is 15.5. The molecule has 4 aromatic rings. The maximum absolute atomic E-state index is 12.7. The van der Waals surface area contributed by atoms with Gasteiger partial charge in [0.2, 0.25) is 5.95 Å². The first kappa shape index (κ1) is 13.5. The van der Waals surface area contributed by atoms with Gasteiger partial charge in [-0.1, -0.05) is 42.5 Å². The molecular formula is C17H15N5O. The lowest BCUT2D eigenvalue weighted by atomic mass is 10.1. The van der Waals surface area contributed by atoms with Crippen molar-refractivity contribution >= 4 is 22.5 Å². The number of aryl methyl sites for hydroxylation is 1. The quantitative estimate of drug-likeness (QED) is 0.614. The molecular weight excluding hydrogens is 290 g/mol. The van der Waals surface area contributed by atoms with E-state index in [4.69, 9.17) is 5.73 Å². The Hall–Kier alpha value is -3.15. The van der Waals surface area contributed by atoms with E-state index in [1.807, 2.05) is 55.5 Å². The predicted molar refractivity (Wildman–Crippen MR) is 89.4 cm³/mol. The molecule has 4 rings (SSSR count). The zero-order chi connectivity index (χ0) is 16.0. The fourth-order valence-corrected chi connectivity index (χ4v) is 2.85. The molecule has 2 N–H and O–H groups in total. The number of hydrogen-bond donors (Lipinski definition) is 1. The van der Waals surface area contributed by atoms with Gasteiger partial charge in [-0.25, -0.2) is 18.9 Å². The highest BCUT2D eigenvalue weighted by Crippen LogP contribution is 2.21. The second-order valence-corrected chi connectivity index (χ2v) is 5.52. The Balaban J connectivity index is 2.02. The number of anilines is 1. The Morgan fingerprint density at radius 2 is 1.87 bits per heavy atom. The van der Waals surface area contributed by atoms with Gasteiger partial charge in [-0.3, -0.25) is 0 Å². The minimum absolute atomic E-state index is 0.155. The normalized spacial score (nSPS) is 11.3. The second-order valence-electron chi connectivity index (χ2n) is 5.52. The number of aromatic nitrogens is 4. The summed E-state index contributed by atoms with van der Waals surface area (Å²) in [7, 11) is 0. The van der Waals surface area contributed by atoms with Crippen LogP contribution in [0.2, 0.25) is 0 Å². The number of fused-ring (bicyclic) bond motifs is 3. The molecule has 0 spiro atoms. The zero-order valence-corrected chi connectivity index (χ0v) is 12.6. The van der Waals surface area contributed by atoms with E-state index in [2.05, 4.69) is 10.1 Å². The van der Waals surface area contributed by atoms with Crippen molar-refractivity contribution in [2.24, 2.45) is 0 Å². The smallest absolute Gasteiger partial charge is 0.353 e. The highest BCUT2D eigenvalue weighted by atomic mass is 16.2. The van der Waals surface area contributed by atoms with Crippen molar-refractivity contribution in [2.75, 3.05) is 5.73 Å². The highest BCUT2D eigenvalue weighted by molar-refractivity contribution is 5.94. The van der Waals surface area contributed by atoms with Gasteiger partial charge < -0.3 is 5.73 Å². The van der Waals surface area contributed by atoms with Crippen LogP contribution in [-0.4, -0.2) is 19.2 Å². The summed E-state index contributed by atoms with van der Waals surface area (Å²) >= 11 is 0. The van der Waals surface area contributed by atoms with E-state index in [1.54, 1.807) is 0 Å². The molecule has 0 amide bonds. The molecule has 0 fully saturated rings. The molecule has 0 atom stereocenters. The fraction of sp³-hybridized carbons (Fsp3) is 0.118. The molecule has 6 nitrogen and oxygen atoms in total. The summed E-state index contributed by atoms with van der Waals surface area (Å²) < 4.78 is 2.80. The van der Waals surface area contributed by atoms with Crippen LogP contribution in [-0.2, 0) is 6.54 Å². The van der Waals surface area contributed by atoms with Crippen LogP contribution < -0.4 is 11.4 Å². The van der Waals surface area contributed by atoms with Crippen molar-refractivity contribution in [1.29, 1.82) is 0 Å². The summed E-state index contributed by atoms with van der Waals surface area (Å²) in [4.78, 5) is 17.0. The number of benzene rings is 2. The van der Waals surface area contributed by atoms with Gasteiger partial charge in [0, 0.05) is 5.39 Å². The maximum Gasteiger partial charge on any atom is 0.353 e. The van der Waals surface area contributed by atoms with E-state index in [0.717, 1.165) is 22.0 Å². The van der Waals surface area contributed by atoms with Gasteiger partial charge in [-0.2, -0.15) is 0 Å². The summed E-state index contributed by atoms with van der Waals surface area (Å²) in [6.45, 7) is 2.37. The summed E-state index contributed by atoms with van der Waals surface area (Å²) in [5, 5.41) is 5.36. The van der Waals surface area contributed by atoms with Crippen LogP contribution in [0.1, 0.15) is 11.1 Å². The highest BCUT2D eigenvalue weighted by Gasteiger charge is 2.15. The number of nitrogens with zero attached hydrogens (tertiary/aromatic N) is 4. The van der Waals surface area contributed by atoms with Gasteiger partial charge >= 0.3 is 5.69 Å². The molecule has 2 heterocycles. The lowest BCUT2D eigenvalue weighted by Gasteiger charge is -2.04. The van der Waals surface area contributed by atoms with Crippen LogP contribution in [0.5, 0.6) is 0 Å². The van der Waals surface area contributed by atoms with Crippen molar-refractivity contribution in [2.45, 2.75) is 13.5 Å². The van der Waals surface area contributed by atoms with Crippen molar-refractivity contribution in [3.8, 4) is 0 Å². The molecule has 0 aliphatic carbocycles. The van der Waals surface area contributed by atoms with Gasteiger partial charge in [-0.15, -0.1) is 5.10 Å². The number of rotatable bonds is 2. The first-order valence-corrected chi connectivity index (χ1v) is 7.33. The molecule has 23 heavy (non-hydrogen) atoms. The van der Waals surface area contributed by atoms with E-state index in [1.165, 1.54) is 9.08 Å². The lowest BCUT2D eigenvalue weighted by Crippen LogP contribution is -2.23. The van der Waals surface area contributed by atoms with Gasteiger partial charge in [0.15, 0.2) is 5.65 Å². The molecule has 0 saturated heterocycles. The van der Waals surface area contributed by atoms with Crippen LogP contribution in [0, 0.1) is 6.92 Å². The predicted octanol–water partition coefficient (Wildman–Crippen LogP) is 1.98. The maximum atomic E-state index is 12.7. The molecule has 0 bridgehead atoms. The van der Waals surface area contributed by atoms with Gasteiger partial charge in [-0.05, 0) is 24.1 Å². The summed E-state index contributed by atoms with van der Waals surface area (Å²) in [6.07, 6.45) is 0. The van der Waals surface area contributed by atoms with Crippen LogP contribution in [0.15, 0.2) is 53.3 Å². The summed E-state index contributed by atoms with van der Waals surface area (Å²) in [5.74, 6) is 0.155. The van der Waals surface area contributed by atoms with Crippen molar-refractivity contribution < 1.29 is 0 Å². The number of nitrogens with two attached hydrogens (primary N) is 1. The first-order chi connectivity index (χ1) is 11.1. The minimum atomic E-state index is -0.279. The van der Waals surface area contributed by atoms with Gasteiger partial charge in [0.25, 0.3) is 0 Å². The van der Waals surface area contributed by atoms with Crippen LogP contribution in [0.25, 0.3) is 16.6 Å². The topological polar surface area (TPSA) is 78.2 Å². The average molecular weight is 305 g/mol. The van der Waals surface area contributed by atoms with E-state index < -0.39 is 0 Å². The Labute approximate surface area is 131 Å². The zero-order valence-electron chi connectivity index (χ0n) is 12.6. The van der Waals surface area contributed by atoms with Gasteiger partial charge in [0.1, 0.15) is 0 Å². The second kappa shape index (κ2) is 4.95. The van der Waals surface area contributed by atoms with E-state index in [0.29, 0.717) is 12.2 Å². The molecule has 0 aliphatic heterocycles. The largest absolute Gasteiger partial charge is 0.369 e. The van der Waals surface area contributed by atoms with Crippen LogP contribution in [0.4, 0.5) is 5.95 Å². The SMILES string of the molecule is Cc1cccc2nc(N)n3c(=O)n(Cc4ccccc4)nc3c12. The summed E-state index contributed by atoms with van der Waals surface area (Å²) in [5.41, 5.74) is 9.01. The monoisotopic (exact) mass is 305 g/mol. The molecule has 6 heteroatoms. The Bertz CT molecular complexity index is 1080. The van der Waals surface area contributed by atoms with E-state index in [-0.39, 0.29) is 11.6 Å². The third kappa shape index (κ3) is 2.07. The molecule has 0 unspecified atom stereocenters. The molecule has 0 radical (unpaired) electrons. The first-order valence-electron chi connectivity index (χ1n) is 7.33.